The summed E-state index contributed by atoms with van der Waals surface area (Å²) in [6.45, 7) is 2.09. The molecule has 1 unspecified atom stereocenters. The molecule has 3 heterocycles. The smallest absolute Gasteiger partial charge is 0.207 e. The van der Waals surface area contributed by atoms with Crippen molar-refractivity contribution in [2.24, 2.45) is 5.10 Å². The van der Waals surface area contributed by atoms with Crippen LogP contribution in [0.4, 0.5) is 5.13 Å². The summed E-state index contributed by atoms with van der Waals surface area (Å²) in [7, 11) is 1.67. The second kappa shape index (κ2) is 7.80. The van der Waals surface area contributed by atoms with Gasteiger partial charge >= 0.3 is 0 Å². The van der Waals surface area contributed by atoms with Crippen LogP contribution in [0.25, 0.3) is 11.3 Å². The lowest BCUT2D eigenvalue weighted by molar-refractivity contribution is 0.415. The second-order valence-corrected chi connectivity index (χ2v) is 8.07. The molecular formula is C24H21N3O2S. The molecule has 150 valence electrons. The van der Waals surface area contributed by atoms with Crippen LogP contribution in [0.15, 0.2) is 81.8 Å². The molecule has 1 aliphatic rings. The number of anilines is 1. The predicted molar refractivity (Wildman–Crippen MR) is 120 cm³/mol. The van der Waals surface area contributed by atoms with Crippen molar-refractivity contribution in [3.8, 4) is 17.0 Å². The van der Waals surface area contributed by atoms with Gasteiger partial charge in [0.05, 0.1) is 24.8 Å². The number of aromatic nitrogens is 1. The van der Waals surface area contributed by atoms with E-state index in [0.717, 1.165) is 45.6 Å². The Morgan fingerprint density at radius 1 is 1.03 bits per heavy atom. The van der Waals surface area contributed by atoms with Crippen LogP contribution in [-0.4, -0.2) is 17.8 Å². The van der Waals surface area contributed by atoms with Gasteiger partial charge in [-0.15, -0.1) is 11.3 Å². The molecule has 0 bridgehead atoms. The minimum Gasteiger partial charge on any atom is -0.497 e. The van der Waals surface area contributed by atoms with Crippen LogP contribution in [-0.2, 0) is 0 Å². The molecule has 0 amide bonds. The van der Waals surface area contributed by atoms with Crippen LogP contribution in [0.2, 0.25) is 0 Å². The molecule has 1 aliphatic heterocycles. The first kappa shape index (κ1) is 18.6. The Morgan fingerprint density at radius 3 is 2.50 bits per heavy atom. The highest BCUT2D eigenvalue weighted by atomic mass is 32.1. The topological polar surface area (TPSA) is 50.9 Å². The minimum absolute atomic E-state index is 0.00818. The fourth-order valence-electron chi connectivity index (χ4n) is 3.57. The number of furan rings is 1. The zero-order chi connectivity index (χ0) is 20.5. The molecule has 0 radical (unpaired) electrons. The van der Waals surface area contributed by atoms with Gasteiger partial charge in [0.2, 0.25) is 5.13 Å². The molecule has 0 fully saturated rings. The number of hydrogen-bond donors (Lipinski definition) is 0. The van der Waals surface area contributed by atoms with E-state index in [1.807, 2.05) is 41.4 Å². The fourth-order valence-corrected chi connectivity index (χ4v) is 4.41. The van der Waals surface area contributed by atoms with Crippen molar-refractivity contribution in [2.45, 2.75) is 19.4 Å². The SMILES string of the molecule is COc1ccc(-c2csc(N3N=C(c4ccc(C)cc4)CC3c3ccco3)n2)cc1. The first-order chi connectivity index (χ1) is 14.7. The van der Waals surface area contributed by atoms with Crippen molar-refractivity contribution in [3.05, 3.63) is 89.2 Å². The maximum Gasteiger partial charge on any atom is 0.207 e. The van der Waals surface area contributed by atoms with Gasteiger partial charge in [-0.1, -0.05) is 29.8 Å². The van der Waals surface area contributed by atoms with E-state index < -0.39 is 0 Å². The summed E-state index contributed by atoms with van der Waals surface area (Å²) in [5.74, 6) is 1.72. The lowest BCUT2D eigenvalue weighted by atomic mass is 10.0. The zero-order valence-corrected chi connectivity index (χ0v) is 17.6. The molecule has 0 N–H and O–H groups in total. The molecule has 1 atom stereocenters. The predicted octanol–water partition coefficient (Wildman–Crippen LogP) is 6.08. The minimum atomic E-state index is -0.00818. The summed E-state index contributed by atoms with van der Waals surface area (Å²) in [6.07, 6.45) is 2.48. The van der Waals surface area contributed by atoms with E-state index in [1.165, 1.54) is 5.56 Å². The van der Waals surface area contributed by atoms with Gasteiger partial charge < -0.3 is 9.15 Å². The largest absolute Gasteiger partial charge is 0.497 e. The molecule has 4 aromatic rings. The Hall–Kier alpha value is -3.38. The Kier molecular flexibility index (Phi) is 4.85. The van der Waals surface area contributed by atoms with Gasteiger partial charge in [-0.2, -0.15) is 5.10 Å². The Bertz CT molecular complexity index is 1160. The molecule has 5 nitrogen and oxygen atoms in total. The van der Waals surface area contributed by atoms with E-state index in [9.17, 15) is 0 Å². The highest BCUT2D eigenvalue weighted by Crippen LogP contribution is 2.39. The molecule has 30 heavy (non-hydrogen) atoms. The van der Waals surface area contributed by atoms with E-state index in [2.05, 4.69) is 36.6 Å². The lowest BCUT2D eigenvalue weighted by Gasteiger charge is -2.18. The van der Waals surface area contributed by atoms with Crippen LogP contribution in [0.3, 0.4) is 0 Å². The van der Waals surface area contributed by atoms with Gasteiger partial charge in [0.1, 0.15) is 17.6 Å². The first-order valence-corrected chi connectivity index (χ1v) is 10.7. The molecule has 0 spiro atoms. The standard InChI is InChI=1S/C24H21N3O2S/c1-16-5-7-17(8-6-16)20-14-22(23-4-3-13-29-23)27(26-20)24-25-21(15-30-24)18-9-11-19(28-2)12-10-18/h3-13,15,22H,14H2,1-2H3. The summed E-state index contributed by atoms with van der Waals surface area (Å²) in [5.41, 5.74) is 5.38. The number of aryl methyl sites for hydroxylation is 1. The number of benzene rings is 2. The van der Waals surface area contributed by atoms with E-state index in [-0.39, 0.29) is 6.04 Å². The monoisotopic (exact) mass is 415 g/mol. The van der Waals surface area contributed by atoms with Gasteiger partial charge in [0.15, 0.2) is 0 Å². The molecule has 0 saturated carbocycles. The van der Waals surface area contributed by atoms with Gasteiger partial charge in [0.25, 0.3) is 0 Å². The zero-order valence-electron chi connectivity index (χ0n) is 16.8. The van der Waals surface area contributed by atoms with Crippen molar-refractivity contribution in [2.75, 3.05) is 12.1 Å². The van der Waals surface area contributed by atoms with E-state index in [0.29, 0.717) is 0 Å². The number of nitrogens with zero attached hydrogens (tertiary/aromatic N) is 3. The summed E-state index contributed by atoms with van der Waals surface area (Å²) in [4.78, 5) is 4.88. The van der Waals surface area contributed by atoms with Crippen molar-refractivity contribution in [3.63, 3.8) is 0 Å². The second-order valence-electron chi connectivity index (χ2n) is 7.24. The van der Waals surface area contributed by atoms with Crippen molar-refractivity contribution in [1.82, 2.24) is 4.98 Å². The summed E-state index contributed by atoms with van der Waals surface area (Å²) >= 11 is 1.59. The lowest BCUT2D eigenvalue weighted by Crippen LogP contribution is -2.17. The van der Waals surface area contributed by atoms with Gasteiger partial charge in [-0.3, -0.25) is 0 Å². The highest BCUT2D eigenvalue weighted by Gasteiger charge is 2.33. The normalized spacial score (nSPS) is 16.0. The molecule has 0 aliphatic carbocycles. The Balaban J connectivity index is 1.49. The average Bonchev–Trinajstić information content (AvgIpc) is 3.54. The van der Waals surface area contributed by atoms with Gasteiger partial charge in [-0.05, 0) is 48.9 Å². The number of hydrogen-bond acceptors (Lipinski definition) is 6. The Labute approximate surface area is 179 Å². The quantitative estimate of drug-likeness (QED) is 0.397. The van der Waals surface area contributed by atoms with Crippen LogP contribution in [0.5, 0.6) is 5.75 Å². The molecule has 5 rings (SSSR count). The number of methoxy groups -OCH3 is 1. The summed E-state index contributed by atoms with van der Waals surface area (Å²) in [5, 5.41) is 9.86. The summed E-state index contributed by atoms with van der Waals surface area (Å²) < 4.78 is 11.0. The van der Waals surface area contributed by atoms with Crippen LogP contribution in [0, 0.1) is 6.92 Å². The van der Waals surface area contributed by atoms with Crippen LogP contribution < -0.4 is 9.75 Å². The highest BCUT2D eigenvalue weighted by molar-refractivity contribution is 7.14. The summed E-state index contributed by atoms with van der Waals surface area (Å²) in [6, 6.07) is 20.3. The average molecular weight is 416 g/mol. The van der Waals surface area contributed by atoms with E-state index >= 15 is 0 Å². The van der Waals surface area contributed by atoms with Crippen molar-refractivity contribution >= 4 is 22.2 Å². The molecule has 2 aromatic carbocycles. The number of thiazole rings is 1. The number of rotatable bonds is 5. The first-order valence-electron chi connectivity index (χ1n) is 9.78. The number of hydrazone groups is 1. The van der Waals surface area contributed by atoms with Gasteiger partial charge in [-0.25, -0.2) is 9.99 Å². The van der Waals surface area contributed by atoms with Gasteiger partial charge in [0, 0.05) is 17.4 Å². The molecular weight excluding hydrogens is 394 g/mol. The molecule has 2 aromatic heterocycles. The maximum absolute atomic E-state index is 5.74. The van der Waals surface area contributed by atoms with Crippen molar-refractivity contribution < 1.29 is 9.15 Å². The molecule has 6 heteroatoms. The maximum atomic E-state index is 5.74. The fraction of sp³-hybridized carbons (Fsp3) is 0.167. The third kappa shape index (κ3) is 3.50. The Morgan fingerprint density at radius 2 is 1.80 bits per heavy atom. The van der Waals surface area contributed by atoms with Crippen LogP contribution in [0.1, 0.15) is 29.3 Å². The third-order valence-electron chi connectivity index (χ3n) is 5.24. The third-order valence-corrected chi connectivity index (χ3v) is 6.07. The van der Waals surface area contributed by atoms with Crippen molar-refractivity contribution in [1.29, 1.82) is 0 Å². The van der Waals surface area contributed by atoms with E-state index in [4.69, 9.17) is 19.2 Å². The van der Waals surface area contributed by atoms with E-state index in [1.54, 1.807) is 24.7 Å². The number of ether oxygens (including phenoxy) is 1. The van der Waals surface area contributed by atoms with Crippen LogP contribution >= 0.6 is 11.3 Å². The molecule has 0 saturated heterocycles.